The normalized spacial score (nSPS) is 12.6. The van der Waals surface area contributed by atoms with Crippen LogP contribution in [0.15, 0.2) is 121 Å². The molecular weight excluding hydrogens is 985 g/mol. The standard InChI is InChI=1S/C72H88N4O4/c1-5-9-13-17-49-73(50-18-14-10-6-2)69-41-25-57(26-42-69)21-33-61-53-67-39-40-68-54-62(34-22-58-27-43-70(44-28-58)74(51-19-15-11-7-3)52-20-16-12-8-4)66(56-64(68)36-24-60-31-47-72(48-32-60)76(79)80)38-37-65(61)55-63(67)35-23-59-29-45-71(46-30-59)75(77)78/h21-36,41-48,53-56H,5-20,37-40,49-52H2,1-4H3/b33-21+,34-22+,35-23-,36-24+. The fourth-order valence-corrected chi connectivity index (χ4v) is 10.9. The molecule has 0 saturated heterocycles. The van der Waals surface area contributed by atoms with Crippen LogP contribution < -0.4 is 9.80 Å². The van der Waals surface area contributed by atoms with Crippen molar-refractivity contribution in [3.63, 3.8) is 0 Å². The molecule has 0 N–H and O–H groups in total. The third-order valence-electron chi connectivity index (χ3n) is 15.8. The third-order valence-corrected chi connectivity index (χ3v) is 15.8. The molecular formula is C72H88N4O4. The first-order valence-corrected chi connectivity index (χ1v) is 30.4. The van der Waals surface area contributed by atoms with Gasteiger partial charge in [0, 0.05) is 61.8 Å². The van der Waals surface area contributed by atoms with Crippen LogP contribution in [0.2, 0.25) is 0 Å². The number of benzene rings is 6. The van der Waals surface area contributed by atoms with Crippen molar-refractivity contribution in [2.75, 3.05) is 36.0 Å². The van der Waals surface area contributed by atoms with E-state index >= 15 is 0 Å². The molecule has 6 aromatic carbocycles. The topological polar surface area (TPSA) is 92.8 Å². The molecule has 0 radical (unpaired) electrons. The minimum Gasteiger partial charge on any atom is -0.372 e. The van der Waals surface area contributed by atoms with E-state index < -0.39 is 0 Å². The Hall–Kier alpha value is -7.32. The van der Waals surface area contributed by atoms with Crippen LogP contribution in [0.4, 0.5) is 22.7 Å². The molecule has 4 aliphatic rings. The molecule has 0 spiro atoms. The lowest BCUT2D eigenvalue weighted by atomic mass is 9.86. The zero-order chi connectivity index (χ0) is 56.3. The Morgan fingerprint density at radius 1 is 0.338 bits per heavy atom. The Balaban J connectivity index is 1.23. The van der Waals surface area contributed by atoms with Gasteiger partial charge in [-0.1, -0.05) is 202 Å². The number of unbranched alkanes of at least 4 members (excludes halogenated alkanes) is 12. The maximum absolute atomic E-state index is 11.5. The number of non-ortho nitro benzene ring substituents is 2. The Bertz CT molecular complexity index is 2760. The molecule has 0 unspecified atom stereocenters. The van der Waals surface area contributed by atoms with E-state index in [1.807, 2.05) is 24.3 Å². The van der Waals surface area contributed by atoms with Crippen LogP contribution in [-0.4, -0.2) is 36.0 Å². The van der Waals surface area contributed by atoms with Crippen LogP contribution in [0.1, 0.15) is 197 Å². The molecule has 420 valence electrons. The second kappa shape index (κ2) is 32.7. The fourth-order valence-electron chi connectivity index (χ4n) is 10.9. The SMILES string of the molecule is CCCCCCN(CCCCCC)c1ccc(/C=C/c2cc3c(/C=C\c4ccc([N+](=O)[O-])cc4)cc2CCc2cc(/C=C/c4ccc([N+](=O)[O-])cc4)c(cc2/C=C/c2ccc(N(CCCCCC)CCCCCC)cc2)CC3)cc1. The molecule has 0 atom stereocenters. The van der Waals surface area contributed by atoms with E-state index in [-0.39, 0.29) is 21.2 Å². The summed E-state index contributed by atoms with van der Waals surface area (Å²) in [6.45, 7) is 13.5. The summed E-state index contributed by atoms with van der Waals surface area (Å²) in [5.41, 5.74) is 16.6. The molecule has 8 heteroatoms. The highest BCUT2D eigenvalue weighted by atomic mass is 16.6. The lowest BCUT2D eigenvalue weighted by molar-refractivity contribution is -0.385. The summed E-state index contributed by atoms with van der Waals surface area (Å²) in [5, 5.41) is 23.0. The minimum atomic E-state index is -0.359. The Morgan fingerprint density at radius 2 is 0.575 bits per heavy atom. The van der Waals surface area contributed by atoms with Gasteiger partial charge in [0.25, 0.3) is 11.4 Å². The van der Waals surface area contributed by atoms with E-state index in [2.05, 4.69) is 159 Å². The number of nitrogens with zero attached hydrogens (tertiary/aromatic N) is 4. The highest BCUT2D eigenvalue weighted by Crippen LogP contribution is 2.32. The van der Waals surface area contributed by atoms with Gasteiger partial charge in [-0.05, 0) is 167 Å². The van der Waals surface area contributed by atoms with Crippen LogP contribution in [0.5, 0.6) is 0 Å². The lowest BCUT2D eigenvalue weighted by Crippen LogP contribution is -2.25. The van der Waals surface area contributed by atoms with Gasteiger partial charge in [-0.2, -0.15) is 0 Å². The van der Waals surface area contributed by atoms with Crippen LogP contribution >= 0.6 is 0 Å². The van der Waals surface area contributed by atoms with Crippen LogP contribution in [0.25, 0.3) is 48.6 Å². The summed E-state index contributed by atoms with van der Waals surface area (Å²) >= 11 is 0. The number of nitro benzene ring substituents is 2. The maximum Gasteiger partial charge on any atom is 0.269 e. The van der Waals surface area contributed by atoms with E-state index in [0.717, 1.165) is 74.1 Å². The van der Waals surface area contributed by atoms with Crippen LogP contribution in [0.3, 0.4) is 0 Å². The average Bonchev–Trinajstić information content (AvgIpc) is 3.51. The van der Waals surface area contributed by atoms with E-state index in [1.165, 1.54) is 159 Å². The molecule has 10 rings (SSSR count). The quantitative estimate of drug-likeness (QED) is 0.0181. The molecule has 0 saturated carbocycles. The van der Waals surface area contributed by atoms with Gasteiger partial charge in [0.15, 0.2) is 0 Å². The van der Waals surface area contributed by atoms with Crippen molar-refractivity contribution in [2.24, 2.45) is 0 Å². The summed E-state index contributed by atoms with van der Waals surface area (Å²) in [7, 11) is 0. The zero-order valence-electron chi connectivity index (χ0n) is 48.6. The number of hydrogen-bond acceptors (Lipinski definition) is 6. The molecule has 6 aromatic rings. The van der Waals surface area contributed by atoms with Crippen molar-refractivity contribution in [1.82, 2.24) is 0 Å². The van der Waals surface area contributed by atoms with Crippen molar-refractivity contribution in [1.29, 1.82) is 0 Å². The molecule has 8 nitrogen and oxygen atoms in total. The summed E-state index contributed by atoms with van der Waals surface area (Å²) < 4.78 is 0. The largest absolute Gasteiger partial charge is 0.372 e. The number of anilines is 2. The van der Waals surface area contributed by atoms with Gasteiger partial charge < -0.3 is 9.80 Å². The van der Waals surface area contributed by atoms with Gasteiger partial charge in [0.05, 0.1) is 9.85 Å². The summed E-state index contributed by atoms with van der Waals surface area (Å²) in [5.74, 6) is 0. The van der Waals surface area contributed by atoms with Gasteiger partial charge in [-0.3, -0.25) is 20.2 Å². The van der Waals surface area contributed by atoms with Gasteiger partial charge >= 0.3 is 0 Å². The molecule has 0 aliphatic heterocycles. The highest BCUT2D eigenvalue weighted by molar-refractivity contribution is 5.79. The monoisotopic (exact) mass is 1070 g/mol. The van der Waals surface area contributed by atoms with Gasteiger partial charge in [-0.25, -0.2) is 0 Å². The second-order valence-electron chi connectivity index (χ2n) is 21.9. The summed E-state index contributed by atoms with van der Waals surface area (Å²) in [6, 6.07) is 41.3. The minimum absolute atomic E-state index is 0.0760. The molecule has 0 fully saturated rings. The summed E-state index contributed by atoms with van der Waals surface area (Å²) in [6.07, 6.45) is 40.9. The first-order chi connectivity index (χ1) is 39.1. The first-order valence-electron chi connectivity index (χ1n) is 30.4. The number of rotatable bonds is 32. The van der Waals surface area contributed by atoms with Crippen molar-refractivity contribution in [2.45, 2.75) is 156 Å². The zero-order valence-corrected chi connectivity index (χ0v) is 48.6. The molecule has 0 aromatic heterocycles. The fraction of sp³-hybridized carbons (Fsp3) is 0.389. The van der Waals surface area contributed by atoms with Crippen molar-refractivity contribution in [3.05, 3.63) is 208 Å². The number of aryl methyl sites for hydroxylation is 4. The summed E-state index contributed by atoms with van der Waals surface area (Å²) in [4.78, 5) is 27.4. The smallest absolute Gasteiger partial charge is 0.269 e. The predicted molar refractivity (Wildman–Crippen MR) is 343 cm³/mol. The predicted octanol–water partition coefficient (Wildman–Crippen LogP) is 20.0. The molecule has 80 heavy (non-hydrogen) atoms. The number of nitro groups is 2. The molecule has 4 bridgehead atoms. The van der Waals surface area contributed by atoms with Gasteiger partial charge in [-0.15, -0.1) is 0 Å². The lowest BCUT2D eigenvalue weighted by Gasteiger charge is -2.25. The van der Waals surface area contributed by atoms with E-state index in [9.17, 15) is 20.2 Å². The first kappa shape index (κ1) is 60.3. The van der Waals surface area contributed by atoms with Crippen LogP contribution in [0, 0.1) is 20.2 Å². The van der Waals surface area contributed by atoms with Crippen molar-refractivity contribution in [3.8, 4) is 0 Å². The Labute approximate surface area is 479 Å². The number of hydrogen-bond donors (Lipinski definition) is 0. The van der Waals surface area contributed by atoms with Crippen molar-refractivity contribution >= 4 is 71.4 Å². The van der Waals surface area contributed by atoms with Crippen molar-refractivity contribution < 1.29 is 9.85 Å². The van der Waals surface area contributed by atoms with E-state index in [1.54, 1.807) is 24.3 Å². The van der Waals surface area contributed by atoms with E-state index in [0.29, 0.717) is 0 Å². The second-order valence-corrected chi connectivity index (χ2v) is 21.9. The van der Waals surface area contributed by atoms with Crippen LogP contribution in [-0.2, 0) is 25.7 Å². The molecule has 0 amide bonds. The highest BCUT2D eigenvalue weighted by Gasteiger charge is 2.16. The Kier molecular flexibility index (Phi) is 24.6. The average molecular weight is 1070 g/mol. The third kappa shape index (κ3) is 18.9. The molecule has 4 aliphatic carbocycles. The molecule has 0 heterocycles. The van der Waals surface area contributed by atoms with Gasteiger partial charge in [0.1, 0.15) is 0 Å². The Morgan fingerprint density at radius 3 is 0.800 bits per heavy atom. The maximum atomic E-state index is 11.5. The van der Waals surface area contributed by atoms with E-state index in [4.69, 9.17) is 0 Å². The van der Waals surface area contributed by atoms with Gasteiger partial charge in [0.2, 0.25) is 0 Å².